The lowest BCUT2D eigenvalue weighted by atomic mass is 9.35. The quantitative estimate of drug-likeness (QED) is 0.410. The SMILES string of the molecule is CCC(O)CC(=O)OC1CC2C3(C)CCCC(C)(CC)C3CCC2(C)C2CCC3=C(C(=O)OC3C)C12C. The molecule has 0 aromatic rings. The molecule has 0 radical (unpaired) electrons. The summed E-state index contributed by atoms with van der Waals surface area (Å²) < 4.78 is 12.2. The highest BCUT2D eigenvalue weighted by molar-refractivity contribution is 5.94. The molecular weight excluding hydrogens is 464 g/mol. The minimum atomic E-state index is -0.692. The molecule has 37 heavy (non-hydrogen) atoms. The van der Waals surface area contributed by atoms with Gasteiger partial charge in [-0.25, -0.2) is 4.79 Å². The second-order valence-corrected chi connectivity index (χ2v) is 14.3. The van der Waals surface area contributed by atoms with Gasteiger partial charge in [-0.05, 0) is 97.9 Å². The van der Waals surface area contributed by atoms with Crippen LogP contribution in [-0.4, -0.2) is 35.4 Å². The van der Waals surface area contributed by atoms with Gasteiger partial charge in [-0.1, -0.05) is 54.4 Å². The number of carbonyl (C=O) groups is 2. The zero-order chi connectivity index (χ0) is 27.0. The first-order valence-electron chi connectivity index (χ1n) is 15.2. The molecule has 4 aliphatic carbocycles. The van der Waals surface area contributed by atoms with Gasteiger partial charge in [-0.2, -0.15) is 0 Å². The molecule has 5 heteroatoms. The summed E-state index contributed by atoms with van der Waals surface area (Å²) in [5.74, 6) is 0.831. The molecule has 1 heterocycles. The van der Waals surface area contributed by atoms with Crippen LogP contribution in [0.4, 0.5) is 0 Å². The molecule has 5 aliphatic rings. The Morgan fingerprint density at radius 1 is 1.05 bits per heavy atom. The van der Waals surface area contributed by atoms with E-state index in [0.29, 0.717) is 23.7 Å². The number of hydrogen-bond acceptors (Lipinski definition) is 5. The Bertz CT molecular complexity index is 986. The Labute approximate surface area is 224 Å². The van der Waals surface area contributed by atoms with Crippen LogP contribution in [0.15, 0.2) is 11.1 Å². The number of cyclic esters (lactones) is 1. The summed E-state index contributed by atoms with van der Waals surface area (Å²) in [6, 6.07) is 0. The molecule has 10 atom stereocenters. The van der Waals surface area contributed by atoms with Crippen LogP contribution in [-0.2, 0) is 19.1 Å². The van der Waals surface area contributed by atoms with Crippen molar-refractivity contribution in [3.05, 3.63) is 11.1 Å². The Kier molecular flexibility index (Phi) is 6.69. The molecule has 1 aliphatic heterocycles. The molecule has 0 spiro atoms. The maximum atomic E-state index is 13.4. The first-order valence-corrected chi connectivity index (χ1v) is 15.2. The number of rotatable bonds is 5. The van der Waals surface area contributed by atoms with Gasteiger partial charge in [-0.15, -0.1) is 0 Å². The Morgan fingerprint density at radius 2 is 1.76 bits per heavy atom. The highest BCUT2D eigenvalue weighted by Crippen LogP contribution is 2.74. The average molecular weight is 515 g/mol. The topological polar surface area (TPSA) is 72.8 Å². The predicted molar refractivity (Wildman–Crippen MR) is 143 cm³/mol. The van der Waals surface area contributed by atoms with Crippen molar-refractivity contribution in [3.63, 3.8) is 0 Å². The van der Waals surface area contributed by atoms with Crippen LogP contribution in [0.1, 0.15) is 119 Å². The number of ether oxygens (including phenoxy) is 2. The van der Waals surface area contributed by atoms with Crippen molar-refractivity contribution in [1.29, 1.82) is 0 Å². The molecule has 3 fully saturated rings. The Hall–Kier alpha value is -1.36. The second-order valence-electron chi connectivity index (χ2n) is 14.3. The van der Waals surface area contributed by atoms with Crippen molar-refractivity contribution in [2.45, 2.75) is 137 Å². The van der Waals surface area contributed by atoms with Gasteiger partial charge < -0.3 is 14.6 Å². The minimum absolute atomic E-state index is 0.0102. The molecule has 3 saturated carbocycles. The molecule has 1 N–H and O–H groups in total. The third-order valence-corrected chi connectivity index (χ3v) is 12.8. The molecule has 0 saturated heterocycles. The number of aliphatic hydroxyl groups is 1. The standard InChI is InChI=1S/C32H50O5/c1-8-20(33)17-26(34)37-25-18-24-30(5)15-10-14-29(4,9-2)22(30)13-16-31(24,6)23-12-11-21-19(3)36-28(35)27(21)32(23,25)7/h19-20,22-25,33H,8-18H2,1-7H3. The highest BCUT2D eigenvalue weighted by atomic mass is 16.6. The molecule has 5 rings (SSSR count). The molecule has 0 bridgehead atoms. The predicted octanol–water partition coefficient (Wildman–Crippen LogP) is 6.76. The number of hydrogen-bond donors (Lipinski definition) is 1. The van der Waals surface area contributed by atoms with Crippen molar-refractivity contribution in [3.8, 4) is 0 Å². The monoisotopic (exact) mass is 514 g/mol. The van der Waals surface area contributed by atoms with Crippen LogP contribution in [0.3, 0.4) is 0 Å². The molecule has 208 valence electrons. The van der Waals surface area contributed by atoms with E-state index in [-0.39, 0.29) is 47.3 Å². The van der Waals surface area contributed by atoms with Gasteiger partial charge in [0.25, 0.3) is 0 Å². The van der Waals surface area contributed by atoms with Crippen molar-refractivity contribution < 1.29 is 24.2 Å². The summed E-state index contributed by atoms with van der Waals surface area (Å²) in [5, 5.41) is 10.2. The highest BCUT2D eigenvalue weighted by Gasteiger charge is 2.70. The second kappa shape index (κ2) is 9.10. The van der Waals surface area contributed by atoms with Crippen LogP contribution in [0, 0.1) is 39.4 Å². The zero-order valence-electron chi connectivity index (χ0n) is 24.3. The van der Waals surface area contributed by atoms with E-state index in [1.165, 1.54) is 38.5 Å². The first-order chi connectivity index (χ1) is 17.3. The lowest BCUT2D eigenvalue weighted by Gasteiger charge is -2.70. The summed E-state index contributed by atoms with van der Waals surface area (Å²) in [4.78, 5) is 26.5. The summed E-state index contributed by atoms with van der Waals surface area (Å²) in [5.41, 5.74) is 2.01. The van der Waals surface area contributed by atoms with Crippen LogP contribution < -0.4 is 0 Å². The van der Waals surface area contributed by atoms with Crippen molar-refractivity contribution in [2.75, 3.05) is 0 Å². The van der Waals surface area contributed by atoms with Crippen molar-refractivity contribution in [1.82, 2.24) is 0 Å². The maximum Gasteiger partial charge on any atom is 0.335 e. The van der Waals surface area contributed by atoms with Gasteiger partial charge in [0.1, 0.15) is 12.2 Å². The summed E-state index contributed by atoms with van der Waals surface area (Å²) in [6.45, 7) is 16.0. The smallest absolute Gasteiger partial charge is 0.335 e. The van der Waals surface area contributed by atoms with E-state index >= 15 is 0 Å². The Balaban J connectivity index is 1.60. The van der Waals surface area contributed by atoms with Gasteiger partial charge in [0.2, 0.25) is 0 Å². The fourth-order valence-electron chi connectivity index (χ4n) is 10.7. The summed E-state index contributed by atoms with van der Waals surface area (Å²) in [7, 11) is 0. The van der Waals surface area contributed by atoms with E-state index in [9.17, 15) is 14.7 Å². The normalized spacial score (nSPS) is 47.8. The maximum absolute atomic E-state index is 13.4. The van der Waals surface area contributed by atoms with Crippen LogP contribution in [0.2, 0.25) is 0 Å². The van der Waals surface area contributed by atoms with E-state index in [1.807, 2.05) is 13.8 Å². The zero-order valence-corrected chi connectivity index (χ0v) is 24.3. The lowest BCUT2D eigenvalue weighted by Crippen LogP contribution is -2.66. The largest absolute Gasteiger partial charge is 0.461 e. The molecule has 10 unspecified atom stereocenters. The van der Waals surface area contributed by atoms with E-state index in [2.05, 4.69) is 34.6 Å². The molecule has 5 nitrogen and oxygen atoms in total. The fraction of sp³-hybridized carbons (Fsp3) is 0.875. The Morgan fingerprint density at radius 3 is 2.43 bits per heavy atom. The number of aliphatic hydroxyl groups excluding tert-OH is 1. The van der Waals surface area contributed by atoms with Crippen LogP contribution in [0.5, 0.6) is 0 Å². The minimum Gasteiger partial charge on any atom is -0.461 e. The molecular formula is C32H50O5. The van der Waals surface area contributed by atoms with Crippen molar-refractivity contribution in [2.24, 2.45) is 39.4 Å². The number of carbonyl (C=O) groups excluding carboxylic acids is 2. The molecule has 0 aromatic carbocycles. The van der Waals surface area contributed by atoms with E-state index in [4.69, 9.17) is 9.47 Å². The van der Waals surface area contributed by atoms with Gasteiger partial charge in [0.15, 0.2) is 0 Å². The van der Waals surface area contributed by atoms with E-state index in [1.54, 1.807) is 0 Å². The van der Waals surface area contributed by atoms with E-state index < -0.39 is 11.5 Å². The molecule has 0 amide bonds. The lowest BCUT2D eigenvalue weighted by molar-refractivity contribution is -0.228. The van der Waals surface area contributed by atoms with Crippen LogP contribution in [0.25, 0.3) is 0 Å². The van der Waals surface area contributed by atoms with E-state index in [0.717, 1.165) is 30.4 Å². The average Bonchev–Trinajstić information content (AvgIpc) is 3.14. The summed E-state index contributed by atoms with van der Waals surface area (Å²) >= 11 is 0. The third-order valence-electron chi connectivity index (χ3n) is 12.8. The van der Waals surface area contributed by atoms with Gasteiger partial charge >= 0.3 is 11.9 Å². The van der Waals surface area contributed by atoms with Gasteiger partial charge in [0, 0.05) is 11.0 Å². The number of esters is 2. The van der Waals surface area contributed by atoms with Crippen LogP contribution >= 0.6 is 0 Å². The van der Waals surface area contributed by atoms with Crippen molar-refractivity contribution >= 4 is 11.9 Å². The fourth-order valence-corrected chi connectivity index (χ4v) is 10.7. The van der Waals surface area contributed by atoms with Gasteiger partial charge in [-0.3, -0.25) is 4.79 Å². The first kappa shape index (κ1) is 27.2. The summed E-state index contributed by atoms with van der Waals surface area (Å²) in [6.07, 6.45) is 9.42. The number of fused-ring (bicyclic) bond motifs is 6. The molecule has 0 aromatic heterocycles. The third kappa shape index (κ3) is 3.79. The van der Waals surface area contributed by atoms with Gasteiger partial charge in [0.05, 0.1) is 12.5 Å².